The molecule has 0 bridgehead atoms. The number of nitrogens with one attached hydrogen (secondary N) is 1. The zero-order chi connectivity index (χ0) is 24.2. The number of amides is 1. The van der Waals surface area contributed by atoms with Gasteiger partial charge in [0, 0.05) is 22.5 Å². The summed E-state index contributed by atoms with van der Waals surface area (Å²) in [6.07, 6.45) is 1.29. The van der Waals surface area contributed by atoms with Crippen LogP contribution in [0.3, 0.4) is 0 Å². The Balaban J connectivity index is 1.56. The zero-order valence-corrected chi connectivity index (χ0v) is 19.5. The third-order valence-electron chi connectivity index (χ3n) is 4.69. The lowest BCUT2D eigenvalue weighted by molar-refractivity contribution is 0.102. The maximum atomic E-state index is 14.7. The molecule has 0 saturated heterocycles. The van der Waals surface area contributed by atoms with Crippen molar-refractivity contribution in [3.05, 3.63) is 81.6 Å². The molecule has 0 radical (unpaired) electrons. The Morgan fingerprint density at radius 3 is 2.65 bits per heavy atom. The second-order valence-corrected chi connectivity index (χ2v) is 8.51. The van der Waals surface area contributed by atoms with Gasteiger partial charge in [-0.3, -0.25) is 15.1 Å². The Morgan fingerprint density at radius 1 is 1.15 bits per heavy atom. The van der Waals surface area contributed by atoms with Gasteiger partial charge in [0.25, 0.3) is 5.91 Å². The molecule has 0 spiro atoms. The van der Waals surface area contributed by atoms with Crippen LogP contribution in [0.5, 0.6) is 11.5 Å². The van der Waals surface area contributed by atoms with Crippen molar-refractivity contribution in [2.45, 2.75) is 13.5 Å². The molecule has 2 aromatic heterocycles. The number of carbonyl (C=O) groups excluding carboxylic acids is 1. The summed E-state index contributed by atoms with van der Waals surface area (Å²) in [4.78, 5) is 17.2. The van der Waals surface area contributed by atoms with E-state index in [4.69, 9.17) is 21.1 Å². The summed E-state index contributed by atoms with van der Waals surface area (Å²) in [6.45, 7) is 1.81. The number of hydrogen-bond acceptors (Lipinski definition) is 7. The predicted octanol–water partition coefficient (Wildman–Crippen LogP) is 5.68. The topological polar surface area (TPSA) is 86.2 Å². The zero-order valence-electron chi connectivity index (χ0n) is 17.9. The molecule has 2 heterocycles. The SMILES string of the molecule is COc1ccc(F)c(F)c1-c1cc(C)ncc1C(=O)Nc1nnc(COc2ccc(Cl)cc2)s1. The Bertz CT molecular complexity index is 1350. The summed E-state index contributed by atoms with van der Waals surface area (Å²) in [5.41, 5.74) is 0.486. The van der Waals surface area contributed by atoms with Crippen molar-refractivity contribution in [2.75, 3.05) is 12.4 Å². The normalized spacial score (nSPS) is 10.7. The smallest absolute Gasteiger partial charge is 0.259 e. The van der Waals surface area contributed by atoms with E-state index >= 15 is 0 Å². The number of anilines is 1. The lowest BCUT2D eigenvalue weighted by Gasteiger charge is -2.14. The average Bonchev–Trinajstić information content (AvgIpc) is 3.27. The van der Waals surface area contributed by atoms with E-state index in [9.17, 15) is 13.6 Å². The van der Waals surface area contributed by atoms with Crippen molar-refractivity contribution >= 4 is 34.0 Å². The van der Waals surface area contributed by atoms with Crippen molar-refractivity contribution in [1.82, 2.24) is 15.2 Å². The lowest BCUT2D eigenvalue weighted by atomic mass is 9.98. The van der Waals surface area contributed by atoms with Crippen LogP contribution in [0.1, 0.15) is 21.1 Å². The highest BCUT2D eigenvalue weighted by Gasteiger charge is 2.23. The number of benzene rings is 2. The fourth-order valence-electron chi connectivity index (χ4n) is 3.10. The lowest BCUT2D eigenvalue weighted by Crippen LogP contribution is -2.14. The van der Waals surface area contributed by atoms with E-state index in [0.717, 1.165) is 17.4 Å². The number of pyridine rings is 1. The van der Waals surface area contributed by atoms with Gasteiger partial charge in [-0.05, 0) is 49.4 Å². The molecule has 0 fully saturated rings. The van der Waals surface area contributed by atoms with Crippen molar-refractivity contribution in [3.63, 3.8) is 0 Å². The van der Waals surface area contributed by atoms with E-state index in [2.05, 4.69) is 20.5 Å². The van der Waals surface area contributed by atoms with Crippen LogP contribution >= 0.6 is 22.9 Å². The van der Waals surface area contributed by atoms with Crippen LogP contribution in [-0.4, -0.2) is 28.2 Å². The number of halogens is 3. The van der Waals surface area contributed by atoms with E-state index in [0.29, 0.717) is 21.5 Å². The maximum Gasteiger partial charge on any atom is 0.259 e. The monoisotopic (exact) mass is 502 g/mol. The second-order valence-electron chi connectivity index (χ2n) is 7.01. The number of rotatable bonds is 7. The largest absolute Gasteiger partial charge is 0.496 e. The van der Waals surface area contributed by atoms with Gasteiger partial charge >= 0.3 is 0 Å². The fourth-order valence-corrected chi connectivity index (χ4v) is 3.88. The first-order chi connectivity index (χ1) is 16.4. The van der Waals surface area contributed by atoms with Gasteiger partial charge in [0.1, 0.15) is 18.1 Å². The summed E-state index contributed by atoms with van der Waals surface area (Å²) in [5, 5.41) is 11.9. The van der Waals surface area contributed by atoms with E-state index < -0.39 is 17.5 Å². The van der Waals surface area contributed by atoms with Crippen LogP contribution in [0.25, 0.3) is 11.1 Å². The third-order valence-corrected chi connectivity index (χ3v) is 5.76. The summed E-state index contributed by atoms with van der Waals surface area (Å²) in [6, 6.07) is 10.6. The highest BCUT2D eigenvalue weighted by molar-refractivity contribution is 7.15. The number of hydrogen-bond donors (Lipinski definition) is 1. The van der Waals surface area contributed by atoms with Gasteiger partial charge in [0.05, 0.1) is 18.2 Å². The van der Waals surface area contributed by atoms with Crippen LogP contribution < -0.4 is 14.8 Å². The van der Waals surface area contributed by atoms with Gasteiger partial charge in [-0.15, -0.1) is 10.2 Å². The van der Waals surface area contributed by atoms with E-state index in [1.54, 1.807) is 31.2 Å². The maximum absolute atomic E-state index is 14.7. The molecular formula is C23H17ClF2N4O3S. The summed E-state index contributed by atoms with van der Waals surface area (Å²) < 4.78 is 39.6. The molecule has 0 aliphatic heterocycles. The van der Waals surface area contributed by atoms with Gasteiger partial charge < -0.3 is 9.47 Å². The molecule has 4 aromatic rings. The number of aromatic nitrogens is 3. The predicted molar refractivity (Wildman–Crippen MR) is 125 cm³/mol. The van der Waals surface area contributed by atoms with Crippen molar-refractivity contribution in [1.29, 1.82) is 0 Å². The van der Waals surface area contributed by atoms with Crippen LogP contribution in [0.2, 0.25) is 5.02 Å². The molecule has 0 aliphatic carbocycles. The van der Waals surface area contributed by atoms with Crippen LogP contribution in [0.15, 0.2) is 48.7 Å². The van der Waals surface area contributed by atoms with E-state index in [1.807, 2.05) is 0 Å². The molecule has 1 N–H and O–H groups in total. The number of aryl methyl sites for hydroxylation is 1. The first kappa shape index (κ1) is 23.5. The molecule has 34 heavy (non-hydrogen) atoms. The molecule has 2 aromatic carbocycles. The molecule has 7 nitrogen and oxygen atoms in total. The minimum Gasteiger partial charge on any atom is -0.496 e. The molecular weight excluding hydrogens is 486 g/mol. The van der Waals surface area contributed by atoms with Crippen LogP contribution in [0.4, 0.5) is 13.9 Å². The van der Waals surface area contributed by atoms with Gasteiger partial charge in [-0.2, -0.15) is 0 Å². The summed E-state index contributed by atoms with van der Waals surface area (Å²) >= 11 is 6.97. The molecule has 174 valence electrons. The number of ether oxygens (including phenoxy) is 2. The average molecular weight is 503 g/mol. The van der Waals surface area contributed by atoms with Gasteiger partial charge in [0.15, 0.2) is 16.6 Å². The fraction of sp³-hybridized carbons (Fsp3) is 0.130. The molecule has 0 aliphatic rings. The Kier molecular flexibility index (Phi) is 6.99. The van der Waals surface area contributed by atoms with Gasteiger partial charge in [0.2, 0.25) is 5.13 Å². The highest BCUT2D eigenvalue weighted by Crippen LogP contribution is 2.36. The molecule has 1 amide bonds. The Labute approximate surface area is 202 Å². The third kappa shape index (κ3) is 5.13. The van der Waals surface area contributed by atoms with Gasteiger partial charge in [-0.25, -0.2) is 8.78 Å². The minimum absolute atomic E-state index is 0.0163. The standard InChI is InChI=1S/C23H17ClF2N4O3S/c1-12-9-15(20-18(32-2)8-7-17(25)21(20)26)16(10-27-12)22(31)28-23-30-29-19(34-23)11-33-14-5-3-13(24)4-6-14/h3-10H,11H2,1-2H3,(H,28,30,31). The molecule has 4 rings (SSSR count). The first-order valence-electron chi connectivity index (χ1n) is 9.87. The summed E-state index contributed by atoms with van der Waals surface area (Å²) in [5.74, 6) is -2.13. The second kappa shape index (κ2) is 10.1. The van der Waals surface area contributed by atoms with Crippen molar-refractivity contribution in [3.8, 4) is 22.6 Å². The number of nitrogens with zero attached hydrogens (tertiary/aromatic N) is 3. The highest BCUT2D eigenvalue weighted by atomic mass is 35.5. The first-order valence-corrected chi connectivity index (χ1v) is 11.1. The Hall–Kier alpha value is -3.63. The number of carbonyl (C=O) groups is 1. The van der Waals surface area contributed by atoms with Crippen molar-refractivity contribution < 1.29 is 23.0 Å². The minimum atomic E-state index is -1.13. The Morgan fingerprint density at radius 2 is 1.91 bits per heavy atom. The van der Waals surface area contributed by atoms with Crippen molar-refractivity contribution in [2.24, 2.45) is 0 Å². The van der Waals surface area contributed by atoms with E-state index in [-0.39, 0.29) is 34.2 Å². The molecule has 0 unspecified atom stereocenters. The number of methoxy groups -OCH3 is 1. The quantitative estimate of drug-likeness (QED) is 0.350. The van der Waals surface area contributed by atoms with Gasteiger partial charge in [-0.1, -0.05) is 22.9 Å². The molecule has 0 saturated carbocycles. The summed E-state index contributed by atoms with van der Waals surface area (Å²) in [7, 11) is 1.33. The van der Waals surface area contributed by atoms with Crippen LogP contribution in [0, 0.1) is 18.6 Å². The molecule has 11 heteroatoms. The van der Waals surface area contributed by atoms with E-state index in [1.165, 1.54) is 25.4 Å². The molecule has 0 atom stereocenters. The van der Waals surface area contributed by atoms with Crippen LogP contribution in [-0.2, 0) is 6.61 Å².